The van der Waals surface area contributed by atoms with Crippen molar-refractivity contribution in [1.82, 2.24) is 9.88 Å². The summed E-state index contributed by atoms with van der Waals surface area (Å²) < 4.78 is 2.38. The number of aryl methyl sites for hydroxylation is 1. The molecule has 0 fully saturated rings. The summed E-state index contributed by atoms with van der Waals surface area (Å²) in [7, 11) is 0. The summed E-state index contributed by atoms with van der Waals surface area (Å²) in [5.74, 6) is 0. The number of aromatic nitrogens is 1. The van der Waals surface area contributed by atoms with E-state index in [1.165, 1.54) is 27.6 Å². The number of para-hydroxylation sites is 1. The maximum Gasteiger partial charge on any atom is 0.0483 e. The fourth-order valence-electron chi connectivity index (χ4n) is 3.08. The summed E-state index contributed by atoms with van der Waals surface area (Å²) in [5.41, 5.74) is 5.41. The van der Waals surface area contributed by atoms with Gasteiger partial charge in [-0.2, -0.15) is 0 Å². The highest BCUT2D eigenvalue weighted by Crippen LogP contribution is 2.22. The number of allylic oxidation sites excluding steroid dienone is 2. The highest BCUT2D eigenvalue weighted by molar-refractivity contribution is 5.83. The number of benzene rings is 2. The van der Waals surface area contributed by atoms with Crippen LogP contribution in [-0.4, -0.2) is 4.57 Å². The normalized spacial score (nSPS) is 10.9. The Bertz CT molecular complexity index is 808. The molecule has 2 heteroatoms. The Balaban J connectivity index is 1.72. The van der Waals surface area contributed by atoms with Crippen LogP contribution in [0.4, 0.5) is 0 Å². The molecular formula is C22H26N2. The maximum absolute atomic E-state index is 3.57. The fraction of sp³-hybridized carbons (Fsp3) is 0.273. The molecule has 3 rings (SSSR count). The smallest absolute Gasteiger partial charge is 0.0483 e. The predicted molar refractivity (Wildman–Crippen MR) is 103 cm³/mol. The van der Waals surface area contributed by atoms with Crippen LogP contribution < -0.4 is 5.32 Å². The molecule has 24 heavy (non-hydrogen) atoms. The highest BCUT2D eigenvalue weighted by atomic mass is 15.0. The molecular weight excluding hydrogens is 292 g/mol. The molecule has 0 aliphatic rings. The standard InChI is InChI=1S/C22H26N2/c1-18(2)9-8-14-24-17-20(21-12-6-7-13-22(21)24)16-23-15-19-10-4-3-5-11-19/h3-7,9-13,17,23H,8,14-16H2,1-2H3. The van der Waals surface area contributed by atoms with Crippen LogP contribution in [0.25, 0.3) is 10.9 Å². The molecule has 3 aromatic rings. The van der Waals surface area contributed by atoms with E-state index in [9.17, 15) is 0 Å². The van der Waals surface area contributed by atoms with Crippen molar-refractivity contribution >= 4 is 10.9 Å². The Labute approximate surface area is 144 Å². The molecule has 0 saturated heterocycles. The molecule has 124 valence electrons. The minimum Gasteiger partial charge on any atom is -0.347 e. The number of nitrogens with zero attached hydrogens (tertiary/aromatic N) is 1. The van der Waals surface area contributed by atoms with E-state index < -0.39 is 0 Å². The number of hydrogen-bond acceptors (Lipinski definition) is 1. The minimum absolute atomic E-state index is 0.894. The van der Waals surface area contributed by atoms with Crippen LogP contribution in [0.15, 0.2) is 72.4 Å². The average molecular weight is 318 g/mol. The molecule has 0 spiro atoms. The van der Waals surface area contributed by atoms with Gasteiger partial charge in [0.25, 0.3) is 0 Å². The van der Waals surface area contributed by atoms with Crippen molar-refractivity contribution in [2.75, 3.05) is 0 Å². The molecule has 2 aromatic carbocycles. The van der Waals surface area contributed by atoms with Gasteiger partial charge in [0.15, 0.2) is 0 Å². The number of nitrogens with one attached hydrogen (secondary N) is 1. The van der Waals surface area contributed by atoms with E-state index in [1.54, 1.807) is 0 Å². The topological polar surface area (TPSA) is 17.0 Å². The van der Waals surface area contributed by atoms with Crippen molar-refractivity contribution in [2.24, 2.45) is 0 Å². The van der Waals surface area contributed by atoms with Crippen LogP contribution in [0, 0.1) is 0 Å². The summed E-state index contributed by atoms with van der Waals surface area (Å²) >= 11 is 0. The highest BCUT2D eigenvalue weighted by Gasteiger charge is 2.07. The van der Waals surface area contributed by atoms with Crippen LogP contribution >= 0.6 is 0 Å². The van der Waals surface area contributed by atoms with Crippen LogP contribution in [-0.2, 0) is 19.6 Å². The molecule has 1 aromatic heterocycles. The van der Waals surface area contributed by atoms with E-state index in [4.69, 9.17) is 0 Å². The molecule has 0 bridgehead atoms. The molecule has 0 atom stereocenters. The quantitative estimate of drug-likeness (QED) is 0.586. The fourth-order valence-corrected chi connectivity index (χ4v) is 3.08. The average Bonchev–Trinajstić information content (AvgIpc) is 2.94. The van der Waals surface area contributed by atoms with E-state index in [0.717, 1.165) is 26.1 Å². The van der Waals surface area contributed by atoms with Crippen molar-refractivity contribution in [3.63, 3.8) is 0 Å². The lowest BCUT2D eigenvalue weighted by molar-refractivity contribution is 0.685. The molecule has 0 unspecified atom stereocenters. The van der Waals surface area contributed by atoms with Crippen LogP contribution in [0.2, 0.25) is 0 Å². The Morgan fingerprint density at radius 2 is 1.71 bits per heavy atom. The first-order valence-corrected chi connectivity index (χ1v) is 8.69. The number of hydrogen-bond donors (Lipinski definition) is 1. The van der Waals surface area contributed by atoms with E-state index in [0.29, 0.717) is 0 Å². The van der Waals surface area contributed by atoms with E-state index in [2.05, 4.69) is 90.6 Å². The predicted octanol–water partition coefficient (Wildman–Crippen LogP) is 5.29. The molecule has 0 aliphatic carbocycles. The van der Waals surface area contributed by atoms with E-state index >= 15 is 0 Å². The van der Waals surface area contributed by atoms with Crippen LogP contribution in [0.3, 0.4) is 0 Å². The van der Waals surface area contributed by atoms with Crippen LogP contribution in [0.1, 0.15) is 31.4 Å². The van der Waals surface area contributed by atoms with Crippen molar-refractivity contribution in [3.05, 3.63) is 83.6 Å². The zero-order chi connectivity index (χ0) is 16.8. The first-order valence-electron chi connectivity index (χ1n) is 8.69. The molecule has 1 heterocycles. The Kier molecular flexibility index (Phi) is 5.50. The summed E-state index contributed by atoms with van der Waals surface area (Å²) in [6.07, 6.45) is 5.70. The minimum atomic E-state index is 0.894. The van der Waals surface area contributed by atoms with Crippen molar-refractivity contribution in [1.29, 1.82) is 0 Å². The Morgan fingerprint density at radius 1 is 0.958 bits per heavy atom. The van der Waals surface area contributed by atoms with Crippen molar-refractivity contribution < 1.29 is 0 Å². The molecule has 0 amide bonds. The first kappa shape index (κ1) is 16.5. The van der Waals surface area contributed by atoms with Gasteiger partial charge in [-0.05, 0) is 37.5 Å². The monoisotopic (exact) mass is 318 g/mol. The Hall–Kier alpha value is -2.32. The van der Waals surface area contributed by atoms with Crippen molar-refractivity contribution in [3.8, 4) is 0 Å². The van der Waals surface area contributed by atoms with E-state index in [-0.39, 0.29) is 0 Å². The molecule has 0 saturated carbocycles. The molecule has 1 N–H and O–H groups in total. The molecule has 0 radical (unpaired) electrons. The van der Waals surface area contributed by atoms with Gasteiger partial charge in [0.2, 0.25) is 0 Å². The maximum atomic E-state index is 3.57. The van der Waals surface area contributed by atoms with Gasteiger partial charge in [0, 0.05) is 36.7 Å². The molecule has 2 nitrogen and oxygen atoms in total. The van der Waals surface area contributed by atoms with Gasteiger partial charge in [0.05, 0.1) is 0 Å². The zero-order valence-corrected chi connectivity index (χ0v) is 14.6. The van der Waals surface area contributed by atoms with Gasteiger partial charge < -0.3 is 9.88 Å². The summed E-state index contributed by atoms with van der Waals surface area (Å²) in [6.45, 7) is 7.15. The SMILES string of the molecule is CC(C)=CCCn1cc(CNCc2ccccc2)c2ccccc21. The third kappa shape index (κ3) is 4.15. The van der Waals surface area contributed by atoms with Gasteiger partial charge in [-0.1, -0.05) is 60.2 Å². The van der Waals surface area contributed by atoms with Gasteiger partial charge in [-0.25, -0.2) is 0 Å². The zero-order valence-electron chi connectivity index (χ0n) is 14.6. The Morgan fingerprint density at radius 3 is 2.50 bits per heavy atom. The largest absolute Gasteiger partial charge is 0.347 e. The second-order valence-electron chi connectivity index (χ2n) is 6.52. The third-order valence-corrected chi connectivity index (χ3v) is 4.28. The lowest BCUT2D eigenvalue weighted by atomic mass is 10.1. The number of fused-ring (bicyclic) bond motifs is 1. The van der Waals surface area contributed by atoms with Crippen LogP contribution in [0.5, 0.6) is 0 Å². The summed E-state index contributed by atoms with van der Waals surface area (Å²) in [6, 6.07) is 19.3. The first-order chi connectivity index (χ1) is 11.7. The lowest BCUT2D eigenvalue weighted by Gasteiger charge is -2.04. The van der Waals surface area contributed by atoms with Gasteiger partial charge in [0.1, 0.15) is 0 Å². The van der Waals surface area contributed by atoms with Gasteiger partial charge in [-0.3, -0.25) is 0 Å². The van der Waals surface area contributed by atoms with E-state index in [1.807, 2.05) is 0 Å². The second-order valence-corrected chi connectivity index (χ2v) is 6.52. The third-order valence-electron chi connectivity index (χ3n) is 4.28. The molecule has 0 aliphatic heterocycles. The summed E-state index contributed by atoms with van der Waals surface area (Å²) in [5, 5.41) is 4.93. The second kappa shape index (κ2) is 7.98. The summed E-state index contributed by atoms with van der Waals surface area (Å²) in [4.78, 5) is 0. The van der Waals surface area contributed by atoms with Crippen molar-refractivity contribution in [2.45, 2.75) is 39.9 Å². The van der Waals surface area contributed by atoms with Gasteiger partial charge >= 0.3 is 0 Å². The van der Waals surface area contributed by atoms with Gasteiger partial charge in [-0.15, -0.1) is 0 Å². The number of rotatable bonds is 7. The lowest BCUT2D eigenvalue weighted by Crippen LogP contribution is -2.12.